The van der Waals surface area contributed by atoms with Gasteiger partial charge in [0, 0.05) is 5.38 Å². The molecule has 0 N–H and O–H groups in total. The Morgan fingerprint density at radius 1 is 1.75 bits per heavy atom. The van der Waals surface area contributed by atoms with E-state index >= 15 is 0 Å². The molecule has 0 spiro atoms. The second-order valence-corrected chi connectivity index (χ2v) is 6.30. The van der Waals surface area contributed by atoms with Gasteiger partial charge in [0.05, 0.1) is 10.8 Å². The minimum Gasteiger partial charge on any atom is -0.407 e. The van der Waals surface area contributed by atoms with E-state index in [-0.39, 0.29) is 4.93 Å². The molecule has 0 amide bonds. The van der Waals surface area contributed by atoms with Crippen molar-refractivity contribution in [2.45, 2.75) is 18.8 Å². The second kappa shape index (κ2) is 1.93. The van der Waals surface area contributed by atoms with Crippen LogP contribution in [0.3, 0.4) is 0 Å². The van der Waals surface area contributed by atoms with Gasteiger partial charge in [0.25, 0.3) is 0 Å². The minimum atomic E-state index is -0.694. The minimum absolute atomic E-state index is 0.313. The second-order valence-electron chi connectivity index (χ2n) is 2.30. The zero-order valence-electron chi connectivity index (χ0n) is 5.14. The summed E-state index contributed by atoms with van der Waals surface area (Å²) in [6.45, 7) is 3.78. The van der Waals surface area contributed by atoms with Crippen LogP contribution >= 0.6 is 0 Å². The molecule has 0 aromatic heterocycles. The molecule has 8 heavy (non-hydrogen) atoms. The van der Waals surface area contributed by atoms with Crippen LogP contribution < -0.4 is 0 Å². The predicted octanol–water partition coefficient (Wildman–Crippen LogP) is -0.457. The summed E-state index contributed by atoms with van der Waals surface area (Å²) in [6.07, 6.45) is 0. The molecule has 2 nitrogen and oxygen atoms in total. The Morgan fingerprint density at radius 2 is 2.38 bits per heavy atom. The maximum atomic E-state index is 10.9. The summed E-state index contributed by atoms with van der Waals surface area (Å²) in [7, 11) is -1.10. The highest BCUT2D eigenvalue weighted by Gasteiger charge is 2.31. The fraction of sp³-hybridized carbons (Fsp3) is 1.00. The zero-order valence-corrected chi connectivity index (χ0v) is 7.37. The molecule has 1 saturated heterocycles. The van der Waals surface area contributed by atoms with Gasteiger partial charge in [-0.3, -0.25) is 4.21 Å². The van der Waals surface area contributed by atoms with Crippen molar-refractivity contribution in [3.8, 4) is 0 Å². The fourth-order valence-electron chi connectivity index (χ4n) is 0.675. The molecule has 4 heteroatoms. The van der Waals surface area contributed by atoms with Crippen molar-refractivity contribution >= 4 is 20.6 Å². The van der Waals surface area contributed by atoms with Crippen LogP contribution in [0.5, 0.6) is 0 Å². The van der Waals surface area contributed by atoms with Gasteiger partial charge in [-0.15, -0.1) is 0 Å². The van der Waals surface area contributed by atoms with Gasteiger partial charge in [-0.25, -0.2) is 0 Å². The Morgan fingerprint density at radius 3 is 2.50 bits per heavy atom. The van der Waals surface area contributed by atoms with Gasteiger partial charge in [-0.05, 0) is 13.8 Å². The molecule has 1 rings (SSSR count). The maximum Gasteiger partial charge on any atom is 0.176 e. The molecule has 0 saturated carbocycles. The molecule has 1 aliphatic heterocycles. The number of rotatable bonds is 0. The average Bonchev–Trinajstić information content (AvgIpc) is 1.86. The molecule has 1 aliphatic rings. The van der Waals surface area contributed by atoms with Gasteiger partial charge in [0.1, 0.15) is 4.93 Å². The van der Waals surface area contributed by atoms with Crippen molar-refractivity contribution in [3.05, 3.63) is 0 Å². The molecular weight excluding hydrogens is 140 g/mol. The standard InChI is InChI=1S/C4H10O2SSi/c1-4(2)6-8-3-7(4)5/h3,8H2,1-2H3. The van der Waals surface area contributed by atoms with Gasteiger partial charge >= 0.3 is 0 Å². The van der Waals surface area contributed by atoms with Crippen LogP contribution in [0, 0.1) is 0 Å². The van der Waals surface area contributed by atoms with Gasteiger partial charge in [-0.1, -0.05) is 0 Å². The average molecular weight is 150 g/mol. The molecular formula is C4H10O2SSi. The summed E-state index contributed by atoms with van der Waals surface area (Å²) in [4.78, 5) is -0.313. The number of hydrogen-bond donors (Lipinski definition) is 0. The van der Waals surface area contributed by atoms with E-state index in [2.05, 4.69) is 0 Å². The van der Waals surface area contributed by atoms with Crippen molar-refractivity contribution in [2.24, 2.45) is 0 Å². The zero-order chi connectivity index (χ0) is 6.20. The van der Waals surface area contributed by atoms with E-state index in [1.807, 2.05) is 13.8 Å². The summed E-state index contributed by atoms with van der Waals surface area (Å²) in [6, 6.07) is 0. The fourth-order valence-corrected chi connectivity index (χ4v) is 4.85. The molecule has 1 fully saturated rings. The molecule has 48 valence electrons. The van der Waals surface area contributed by atoms with E-state index in [1.165, 1.54) is 0 Å². The predicted molar refractivity (Wildman–Crippen MR) is 36.7 cm³/mol. The lowest BCUT2D eigenvalue weighted by atomic mass is 10.5. The highest BCUT2D eigenvalue weighted by atomic mass is 32.2. The van der Waals surface area contributed by atoms with E-state index in [4.69, 9.17) is 4.43 Å². The summed E-state index contributed by atoms with van der Waals surface area (Å²) >= 11 is 0. The Labute approximate surface area is 54.0 Å². The first-order valence-corrected chi connectivity index (χ1v) is 5.55. The molecule has 1 atom stereocenters. The van der Waals surface area contributed by atoms with Crippen molar-refractivity contribution in [3.63, 3.8) is 0 Å². The van der Waals surface area contributed by atoms with Gasteiger partial charge in [-0.2, -0.15) is 0 Å². The summed E-state index contributed by atoms with van der Waals surface area (Å²) < 4.78 is 16.2. The summed E-state index contributed by atoms with van der Waals surface area (Å²) in [5.74, 6) is 0. The summed E-state index contributed by atoms with van der Waals surface area (Å²) in [5.41, 5.74) is 0. The highest BCUT2D eigenvalue weighted by Crippen LogP contribution is 2.18. The third-order valence-corrected chi connectivity index (χ3v) is 5.77. The largest absolute Gasteiger partial charge is 0.407 e. The SMILES string of the molecule is CC1(C)O[SiH2]CS1=O. The van der Waals surface area contributed by atoms with Crippen molar-refractivity contribution in [1.29, 1.82) is 0 Å². The Balaban J connectivity index is 2.68. The van der Waals surface area contributed by atoms with E-state index in [1.54, 1.807) is 0 Å². The molecule has 0 radical (unpaired) electrons. The van der Waals surface area contributed by atoms with Crippen LogP contribution in [-0.4, -0.2) is 24.3 Å². The van der Waals surface area contributed by atoms with Crippen LogP contribution in [0.4, 0.5) is 0 Å². The quantitative estimate of drug-likeness (QED) is 0.437. The van der Waals surface area contributed by atoms with E-state index in [0.717, 1.165) is 5.38 Å². The molecule has 0 bridgehead atoms. The van der Waals surface area contributed by atoms with E-state index < -0.39 is 20.6 Å². The van der Waals surface area contributed by atoms with Gasteiger partial charge in [0.15, 0.2) is 9.76 Å². The highest BCUT2D eigenvalue weighted by molar-refractivity contribution is 7.88. The van der Waals surface area contributed by atoms with Crippen LogP contribution in [-0.2, 0) is 15.2 Å². The van der Waals surface area contributed by atoms with Crippen LogP contribution in [0.2, 0.25) is 0 Å². The third kappa shape index (κ3) is 1.01. The van der Waals surface area contributed by atoms with Crippen molar-refractivity contribution < 1.29 is 8.63 Å². The Bertz CT molecular complexity index is 123. The lowest BCUT2D eigenvalue weighted by Crippen LogP contribution is -2.22. The van der Waals surface area contributed by atoms with E-state index in [9.17, 15) is 4.21 Å². The van der Waals surface area contributed by atoms with Crippen LogP contribution in [0.1, 0.15) is 13.8 Å². The lowest BCUT2D eigenvalue weighted by Gasteiger charge is -2.14. The third-order valence-electron chi connectivity index (χ3n) is 1.27. The molecule has 0 aliphatic carbocycles. The summed E-state index contributed by atoms with van der Waals surface area (Å²) in [5, 5.41) is 0.840. The monoisotopic (exact) mass is 150 g/mol. The Hall–Kier alpha value is 0.327. The first kappa shape index (κ1) is 6.45. The van der Waals surface area contributed by atoms with Gasteiger partial charge in [0.2, 0.25) is 0 Å². The maximum absolute atomic E-state index is 10.9. The first-order valence-electron chi connectivity index (χ1n) is 2.65. The van der Waals surface area contributed by atoms with Crippen molar-refractivity contribution in [2.75, 3.05) is 5.38 Å². The van der Waals surface area contributed by atoms with Crippen LogP contribution in [0.25, 0.3) is 0 Å². The molecule has 1 heterocycles. The smallest absolute Gasteiger partial charge is 0.176 e. The number of hydrogen-bond acceptors (Lipinski definition) is 2. The first-order chi connectivity index (χ1) is 3.63. The van der Waals surface area contributed by atoms with Crippen LogP contribution in [0.15, 0.2) is 0 Å². The molecule has 0 aromatic rings. The van der Waals surface area contributed by atoms with Crippen molar-refractivity contribution in [1.82, 2.24) is 0 Å². The van der Waals surface area contributed by atoms with E-state index in [0.29, 0.717) is 0 Å². The molecule has 0 aromatic carbocycles. The Kier molecular flexibility index (Phi) is 1.56. The van der Waals surface area contributed by atoms with Gasteiger partial charge < -0.3 is 4.43 Å². The molecule has 1 unspecified atom stereocenters. The lowest BCUT2D eigenvalue weighted by molar-refractivity contribution is 0.223. The normalized spacial score (nSPS) is 38.5. The topological polar surface area (TPSA) is 26.3 Å².